The Labute approximate surface area is 151 Å². The molecule has 8 heteroatoms. The summed E-state index contributed by atoms with van der Waals surface area (Å²) in [5.74, 6) is -0.895. The lowest BCUT2D eigenvalue weighted by atomic mass is 9.97. The highest BCUT2D eigenvalue weighted by atomic mass is 32.1. The number of methoxy groups -OCH3 is 2. The van der Waals surface area contributed by atoms with Crippen molar-refractivity contribution in [3.05, 3.63) is 16.0 Å². The first-order valence-electron chi connectivity index (χ1n) is 8.15. The molecule has 25 heavy (non-hydrogen) atoms. The van der Waals surface area contributed by atoms with E-state index in [9.17, 15) is 14.4 Å². The highest BCUT2D eigenvalue weighted by molar-refractivity contribution is 7.16. The number of likely N-dealkylation sites (tertiary alicyclic amines) is 1. The van der Waals surface area contributed by atoms with Crippen molar-refractivity contribution in [1.82, 2.24) is 4.90 Å². The maximum absolute atomic E-state index is 12.3. The number of nitrogens with one attached hydrogen (secondary N) is 1. The molecule has 2 heterocycles. The summed E-state index contributed by atoms with van der Waals surface area (Å²) in [6.45, 7) is 5.30. The molecule has 1 amide bonds. The Kier molecular flexibility index (Phi) is 6.55. The van der Waals surface area contributed by atoms with Crippen molar-refractivity contribution < 1.29 is 23.9 Å². The van der Waals surface area contributed by atoms with Gasteiger partial charge in [-0.2, -0.15) is 0 Å². The molecule has 0 radical (unpaired) electrons. The van der Waals surface area contributed by atoms with E-state index in [1.807, 2.05) is 18.7 Å². The second-order valence-electron chi connectivity index (χ2n) is 6.10. The largest absolute Gasteiger partial charge is 0.469 e. The number of rotatable bonds is 5. The predicted octanol–water partition coefficient (Wildman–Crippen LogP) is 1.98. The third-order valence-electron chi connectivity index (χ3n) is 4.52. The average Bonchev–Trinajstić information content (AvgIpc) is 2.87. The molecule has 0 aromatic carbocycles. The maximum atomic E-state index is 12.3. The summed E-state index contributed by atoms with van der Waals surface area (Å²) in [7, 11) is 2.72. The lowest BCUT2D eigenvalue weighted by Gasteiger charge is -2.29. The van der Waals surface area contributed by atoms with Crippen molar-refractivity contribution in [3.8, 4) is 0 Å². The fourth-order valence-electron chi connectivity index (χ4n) is 2.93. The molecule has 1 aromatic rings. The number of aryl methyl sites for hydroxylation is 1. The first-order chi connectivity index (χ1) is 11.9. The van der Waals surface area contributed by atoms with Gasteiger partial charge < -0.3 is 14.8 Å². The van der Waals surface area contributed by atoms with Crippen LogP contribution in [0.25, 0.3) is 0 Å². The van der Waals surface area contributed by atoms with Crippen molar-refractivity contribution in [1.29, 1.82) is 0 Å². The number of carbonyl (C=O) groups is 3. The summed E-state index contributed by atoms with van der Waals surface area (Å²) < 4.78 is 9.58. The Morgan fingerprint density at radius 3 is 2.36 bits per heavy atom. The minimum absolute atomic E-state index is 0.0853. The van der Waals surface area contributed by atoms with Gasteiger partial charge in [-0.25, -0.2) is 4.79 Å². The quantitative estimate of drug-likeness (QED) is 0.800. The molecule has 0 spiro atoms. The molecular weight excluding hydrogens is 344 g/mol. The molecule has 1 aliphatic heterocycles. The van der Waals surface area contributed by atoms with Crippen LogP contribution < -0.4 is 5.32 Å². The van der Waals surface area contributed by atoms with Gasteiger partial charge in [0.2, 0.25) is 5.91 Å². The molecule has 1 saturated heterocycles. The molecule has 1 aliphatic rings. The summed E-state index contributed by atoms with van der Waals surface area (Å²) in [6, 6.07) is 0. The van der Waals surface area contributed by atoms with Gasteiger partial charge in [0, 0.05) is 4.88 Å². The smallest absolute Gasteiger partial charge is 0.341 e. The molecule has 0 saturated carbocycles. The van der Waals surface area contributed by atoms with Crippen LogP contribution in [0.1, 0.15) is 33.6 Å². The minimum Gasteiger partial charge on any atom is -0.469 e. The van der Waals surface area contributed by atoms with E-state index in [1.54, 1.807) is 0 Å². The zero-order chi connectivity index (χ0) is 18.6. The number of nitrogens with zero attached hydrogens (tertiary/aromatic N) is 1. The number of ether oxygens (including phenoxy) is 2. The van der Waals surface area contributed by atoms with Crippen molar-refractivity contribution in [2.75, 3.05) is 39.2 Å². The zero-order valence-corrected chi connectivity index (χ0v) is 15.8. The first kappa shape index (κ1) is 19.4. The number of anilines is 1. The fourth-order valence-corrected chi connectivity index (χ4v) is 3.99. The number of carbonyl (C=O) groups excluding carboxylic acids is 3. The van der Waals surface area contributed by atoms with Crippen LogP contribution >= 0.6 is 11.3 Å². The first-order valence-corrected chi connectivity index (χ1v) is 8.97. The SMILES string of the molecule is COC(=O)c1c(NC(=O)CN2CCC(C(=O)OC)CC2)sc(C)c1C. The van der Waals surface area contributed by atoms with Gasteiger partial charge in [0.1, 0.15) is 5.00 Å². The average molecular weight is 368 g/mol. The Morgan fingerprint density at radius 2 is 1.80 bits per heavy atom. The Hall–Kier alpha value is -1.93. The Bertz CT molecular complexity index is 662. The normalized spacial score (nSPS) is 15.7. The molecule has 0 aliphatic carbocycles. The van der Waals surface area contributed by atoms with Crippen LogP contribution in [0.5, 0.6) is 0 Å². The van der Waals surface area contributed by atoms with E-state index < -0.39 is 5.97 Å². The molecule has 1 fully saturated rings. The third kappa shape index (κ3) is 4.58. The van der Waals surface area contributed by atoms with Gasteiger partial charge in [0.25, 0.3) is 0 Å². The summed E-state index contributed by atoms with van der Waals surface area (Å²) in [5.41, 5.74) is 1.24. The topological polar surface area (TPSA) is 84.9 Å². The van der Waals surface area contributed by atoms with Crippen LogP contribution in [0.2, 0.25) is 0 Å². The van der Waals surface area contributed by atoms with E-state index in [4.69, 9.17) is 9.47 Å². The van der Waals surface area contributed by atoms with Gasteiger partial charge in [0.15, 0.2) is 0 Å². The second kappa shape index (κ2) is 8.44. The maximum Gasteiger partial charge on any atom is 0.341 e. The number of amides is 1. The van der Waals surface area contributed by atoms with Crippen molar-refractivity contribution in [2.45, 2.75) is 26.7 Å². The number of thiophene rings is 1. The predicted molar refractivity (Wildman–Crippen MR) is 94.9 cm³/mol. The van der Waals surface area contributed by atoms with Crippen molar-refractivity contribution in [2.24, 2.45) is 5.92 Å². The molecular formula is C17H24N2O5S. The van der Waals surface area contributed by atoms with Gasteiger partial charge in [-0.3, -0.25) is 14.5 Å². The molecule has 7 nitrogen and oxygen atoms in total. The molecule has 0 unspecified atom stereocenters. The standard InChI is InChI=1S/C17H24N2O5S/c1-10-11(2)25-15(14(10)17(22)24-4)18-13(20)9-19-7-5-12(6-8-19)16(21)23-3/h12H,5-9H2,1-4H3,(H,18,20). The molecule has 0 bridgehead atoms. The van der Waals surface area contributed by atoms with E-state index in [-0.39, 0.29) is 24.3 Å². The van der Waals surface area contributed by atoms with E-state index in [1.165, 1.54) is 25.6 Å². The summed E-state index contributed by atoms with van der Waals surface area (Å²) in [4.78, 5) is 38.8. The minimum atomic E-state index is -0.448. The molecule has 2 rings (SSSR count). The van der Waals surface area contributed by atoms with Crippen molar-refractivity contribution in [3.63, 3.8) is 0 Å². The molecule has 1 aromatic heterocycles. The van der Waals surface area contributed by atoms with Crippen LogP contribution in [-0.2, 0) is 19.1 Å². The van der Waals surface area contributed by atoms with Crippen LogP contribution in [0.4, 0.5) is 5.00 Å². The number of piperidine rings is 1. The molecule has 0 atom stereocenters. The van der Waals surface area contributed by atoms with E-state index >= 15 is 0 Å². The van der Waals surface area contributed by atoms with Crippen LogP contribution in [0.3, 0.4) is 0 Å². The van der Waals surface area contributed by atoms with Gasteiger partial charge in [-0.1, -0.05) is 0 Å². The lowest BCUT2D eigenvalue weighted by Crippen LogP contribution is -2.41. The Morgan fingerprint density at radius 1 is 1.16 bits per heavy atom. The number of esters is 2. The number of hydrogen-bond acceptors (Lipinski definition) is 7. The second-order valence-corrected chi connectivity index (χ2v) is 7.33. The van der Waals surface area contributed by atoms with Gasteiger partial charge >= 0.3 is 11.9 Å². The molecule has 138 valence electrons. The summed E-state index contributed by atoms with van der Waals surface area (Å²) in [5, 5.41) is 3.35. The van der Waals surface area contributed by atoms with Crippen molar-refractivity contribution >= 4 is 34.2 Å². The van der Waals surface area contributed by atoms with Crippen LogP contribution in [-0.4, -0.2) is 56.6 Å². The van der Waals surface area contributed by atoms with E-state index in [0.717, 1.165) is 10.4 Å². The van der Waals surface area contributed by atoms with Gasteiger partial charge in [-0.05, 0) is 45.3 Å². The van der Waals surface area contributed by atoms with E-state index in [2.05, 4.69) is 5.32 Å². The fraction of sp³-hybridized carbons (Fsp3) is 0.588. The van der Waals surface area contributed by atoms with Gasteiger partial charge in [0.05, 0.1) is 32.2 Å². The van der Waals surface area contributed by atoms with Crippen LogP contribution in [0, 0.1) is 19.8 Å². The summed E-state index contributed by atoms with van der Waals surface area (Å²) >= 11 is 1.37. The summed E-state index contributed by atoms with van der Waals surface area (Å²) in [6.07, 6.45) is 1.37. The van der Waals surface area contributed by atoms with Crippen LogP contribution in [0.15, 0.2) is 0 Å². The highest BCUT2D eigenvalue weighted by Crippen LogP contribution is 2.33. The lowest BCUT2D eigenvalue weighted by molar-refractivity contribution is -0.147. The Balaban J connectivity index is 1.95. The number of hydrogen-bond donors (Lipinski definition) is 1. The monoisotopic (exact) mass is 368 g/mol. The zero-order valence-electron chi connectivity index (χ0n) is 15.0. The van der Waals surface area contributed by atoms with E-state index in [0.29, 0.717) is 36.5 Å². The third-order valence-corrected chi connectivity index (χ3v) is 5.64. The highest BCUT2D eigenvalue weighted by Gasteiger charge is 2.27. The van der Waals surface area contributed by atoms with Gasteiger partial charge in [-0.15, -0.1) is 11.3 Å². The molecule has 1 N–H and O–H groups in total.